The number of nitrogens with zero attached hydrogens (tertiary/aromatic N) is 5. The van der Waals surface area contributed by atoms with Gasteiger partial charge in [-0.1, -0.05) is 17.7 Å². The highest BCUT2D eigenvalue weighted by molar-refractivity contribution is 5.57. The Labute approximate surface area is 165 Å². The number of piperazine rings is 1. The van der Waals surface area contributed by atoms with Crippen LogP contribution in [0.15, 0.2) is 54.7 Å². The van der Waals surface area contributed by atoms with Crippen molar-refractivity contribution >= 4 is 23.1 Å². The van der Waals surface area contributed by atoms with Crippen molar-refractivity contribution in [3.63, 3.8) is 0 Å². The molecule has 0 bridgehead atoms. The fraction of sp³-hybridized carbons (Fsp3) is 0.286. The molecule has 0 unspecified atom stereocenters. The molecule has 144 valence electrons. The first kappa shape index (κ1) is 18.0. The zero-order chi connectivity index (χ0) is 19.3. The minimum atomic E-state index is 0.659. The number of hydrogen-bond acceptors (Lipinski definition) is 7. The third kappa shape index (κ3) is 4.14. The molecule has 2 aromatic carbocycles. The lowest BCUT2D eigenvalue weighted by atomic mass is 10.2. The first-order chi connectivity index (χ1) is 13.7. The molecule has 1 fully saturated rings. The lowest BCUT2D eigenvalue weighted by Crippen LogP contribution is -2.47. The molecular weight excluding hydrogens is 352 g/mol. The van der Waals surface area contributed by atoms with Crippen LogP contribution in [0.1, 0.15) is 5.56 Å². The van der Waals surface area contributed by atoms with E-state index in [4.69, 9.17) is 4.74 Å². The Bertz CT molecular complexity index is 905. The standard InChI is InChI=1S/C21H24N6O/c1-16-3-5-17(6-4-16)23-20-15-22-25-21(24-20)27-13-11-26(12-14-27)18-7-9-19(28-2)10-8-18/h3-10,15H,11-14H2,1-2H3,(H,23,24,25). The van der Waals surface area contributed by atoms with Crippen molar-refractivity contribution in [2.45, 2.75) is 6.92 Å². The molecule has 0 saturated carbocycles. The molecule has 7 nitrogen and oxygen atoms in total. The normalized spacial score (nSPS) is 14.1. The van der Waals surface area contributed by atoms with Gasteiger partial charge in [0.15, 0.2) is 5.82 Å². The van der Waals surface area contributed by atoms with Crippen molar-refractivity contribution in [2.75, 3.05) is 48.4 Å². The Morgan fingerprint density at radius 2 is 1.57 bits per heavy atom. The number of anilines is 4. The molecule has 0 amide bonds. The highest BCUT2D eigenvalue weighted by Gasteiger charge is 2.20. The summed E-state index contributed by atoms with van der Waals surface area (Å²) in [6, 6.07) is 16.4. The maximum Gasteiger partial charge on any atom is 0.247 e. The summed E-state index contributed by atoms with van der Waals surface area (Å²) in [6.07, 6.45) is 1.65. The molecule has 1 N–H and O–H groups in total. The van der Waals surface area contributed by atoms with Gasteiger partial charge in [0.1, 0.15) is 5.75 Å². The molecule has 4 rings (SSSR count). The van der Waals surface area contributed by atoms with Crippen LogP contribution in [0, 0.1) is 6.92 Å². The number of aromatic nitrogens is 3. The highest BCUT2D eigenvalue weighted by Crippen LogP contribution is 2.22. The first-order valence-corrected chi connectivity index (χ1v) is 9.38. The summed E-state index contributed by atoms with van der Waals surface area (Å²) in [5, 5.41) is 11.6. The third-order valence-electron chi connectivity index (χ3n) is 4.87. The van der Waals surface area contributed by atoms with E-state index in [1.54, 1.807) is 13.3 Å². The fourth-order valence-electron chi connectivity index (χ4n) is 3.23. The number of aryl methyl sites for hydroxylation is 1. The molecule has 2 heterocycles. The quantitative estimate of drug-likeness (QED) is 0.733. The molecule has 0 spiro atoms. The molecule has 1 aromatic heterocycles. The van der Waals surface area contributed by atoms with Gasteiger partial charge >= 0.3 is 0 Å². The number of ether oxygens (including phenoxy) is 1. The molecular formula is C21H24N6O. The van der Waals surface area contributed by atoms with Crippen LogP contribution in [0.25, 0.3) is 0 Å². The number of benzene rings is 2. The van der Waals surface area contributed by atoms with E-state index in [1.807, 2.05) is 24.3 Å². The van der Waals surface area contributed by atoms with Gasteiger partial charge in [-0.3, -0.25) is 0 Å². The van der Waals surface area contributed by atoms with E-state index >= 15 is 0 Å². The van der Waals surface area contributed by atoms with Crippen molar-refractivity contribution in [1.82, 2.24) is 15.2 Å². The predicted octanol–water partition coefficient (Wildman–Crippen LogP) is 3.26. The summed E-state index contributed by atoms with van der Waals surface area (Å²) in [6.45, 7) is 5.58. The molecule has 3 aromatic rings. The average molecular weight is 376 g/mol. The van der Waals surface area contributed by atoms with Crippen LogP contribution in [0.4, 0.5) is 23.1 Å². The Balaban J connectivity index is 1.39. The number of methoxy groups -OCH3 is 1. The SMILES string of the molecule is COc1ccc(N2CCN(c3nncc(Nc4ccc(C)cc4)n3)CC2)cc1. The lowest BCUT2D eigenvalue weighted by Gasteiger charge is -2.36. The van der Waals surface area contributed by atoms with Crippen LogP contribution in [-0.2, 0) is 0 Å². The van der Waals surface area contributed by atoms with Crippen molar-refractivity contribution in [3.05, 3.63) is 60.3 Å². The fourth-order valence-corrected chi connectivity index (χ4v) is 3.23. The second-order valence-electron chi connectivity index (χ2n) is 6.80. The van der Waals surface area contributed by atoms with Gasteiger partial charge in [-0.05, 0) is 43.3 Å². The van der Waals surface area contributed by atoms with Crippen LogP contribution >= 0.6 is 0 Å². The maximum atomic E-state index is 5.23. The monoisotopic (exact) mass is 376 g/mol. The van der Waals surface area contributed by atoms with E-state index in [0.29, 0.717) is 11.8 Å². The molecule has 0 aliphatic carbocycles. The van der Waals surface area contributed by atoms with Gasteiger partial charge < -0.3 is 19.9 Å². The number of nitrogens with one attached hydrogen (secondary N) is 1. The predicted molar refractivity (Wildman–Crippen MR) is 112 cm³/mol. The van der Waals surface area contributed by atoms with Gasteiger partial charge in [-0.15, -0.1) is 5.10 Å². The van der Waals surface area contributed by atoms with Gasteiger partial charge in [0, 0.05) is 37.6 Å². The lowest BCUT2D eigenvalue weighted by molar-refractivity contribution is 0.415. The second kappa shape index (κ2) is 8.12. The van der Waals surface area contributed by atoms with Crippen LogP contribution < -0.4 is 19.9 Å². The first-order valence-electron chi connectivity index (χ1n) is 9.38. The summed E-state index contributed by atoms with van der Waals surface area (Å²) in [5.41, 5.74) is 3.41. The minimum Gasteiger partial charge on any atom is -0.497 e. The smallest absolute Gasteiger partial charge is 0.247 e. The van der Waals surface area contributed by atoms with Gasteiger partial charge in [-0.25, -0.2) is 0 Å². The summed E-state index contributed by atoms with van der Waals surface area (Å²) in [4.78, 5) is 9.17. The Kier molecular flexibility index (Phi) is 5.23. The molecule has 0 radical (unpaired) electrons. The average Bonchev–Trinajstić information content (AvgIpc) is 2.76. The zero-order valence-corrected chi connectivity index (χ0v) is 16.2. The van der Waals surface area contributed by atoms with Gasteiger partial charge in [0.05, 0.1) is 13.3 Å². The summed E-state index contributed by atoms with van der Waals surface area (Å²) in [5.74, 6) is 2.23. The van der Waals surface area contributed by atoms with E-state index in [1.165, 1.54) is 11.3 Å². The molecule has 0 atom stereocenters. The highest BCUT2D eigenvalue weighted by atomic mass is 16.5. The maximum absolute atomic E-state index is 5.23. The van der Waals surface area contributed by atoms with E-state index in [9.17, 15) is 0 Å². The summed E-state index contributed by atoms with van der Waals surface area (Å²) < 4.78 is 5.23. The Morgan fingerprint density at radius 3 is 2.25 bits per heavy atom. The van der Waals surface area contributed by atoms with Gasteiger partial charge in [0.25, 0.3) is 0 Å². The summed E-state index contributed by atoms with van der Waals surface area (Å²) >= 11 is 0. The number of hydrogen-bond donors (Lipinski definition) is 1. The van der Waals surface area contributed by atoms with Crippen molar-refractivity contribution in [3.8, 4) is 5.75 Å². The Morgan fingerprint density at radius 1 is 0.893 bits per heavy atom. The van der Waals surface area contributed by atoms with Gasteiger partial charge in [-0.2, -0.15) is 10.1 Å². The van der Waals surface area contributed by atoms with Gasteiger partial charge in [0.2, 0.25) is 5.95 Å². The third-order valence-corrected chi connectivity index (χ3v) is 4.87. The molecule has 1 aliphatic rings. The molecule has 1 aliphatic heterocycles. The molecule has 7 heteroatoms. The largest absolute Gasteiger partial charge is 0.497 e. The van der Waals surface area contributed by atoms with Crippen molar-refractivity contribution in [1.29, 1.82) is 0 Å². The van der Waals surface area contributed by atoms with Crippen LogP contribution in [0.2, 0.25) is 0 Å². The van der Waals surface area contributed by atoms with Crippen molar-refractivity contribution < 1.29 is 4.74 Å². The van der Waals surface area contributed by atoms with Crippen LogP contribution in [0.5, 0.6) is 5.75 Å². The van der Waals surface area contributed by atoms with E-state index in [-0.39, 0.29) is 0 Å². The van der Waals surface area contributed by atoms with Crippen LogP contribution in [0.3, 0.4) is 0 Å². The topological polar surface area (TPSA) is 66.4 Å². The van der Waals surface area contributed by atoms with Crippen LogP contribution in [-0.4, -0.2) is 48.5 Å². The van der Waals surface area contributed by atoms with E-state index < -0.39 is 0 Å². The zero-order valence-electron chi connectivity index (χ0n) is 16.2. The van der Waals surface area contributed by atoms with E-state index in [0.717, 1.165) is 37.6 Å². The second-order valence-corrected chi connectivity index (χ2v) is 6.80. The number of rotatable bonds is 5. The minimum absolute atomic E-state index is 0.659. The summed E-state index contributed by atoms with van der Waals surface area (Å²) in [7, 11) is 1.68. The Hall–Kier alpha value is -3.35. The van der Waals surface area contributed by atoms with E-state index in [2.05, 4.69) is 61.5 Å². The molecule has 28 heavy (non-hydrogen) atoms. The van der Waals surface area contributed by atoms with Crippen molar-refractivity contribution in [2.24, 2.45) is 0 Å². The molecule has 1 saturated heterocycles.